The molecule has 0 unspecified atom stereocenters. The van der Waals surface area contributed by atoms with Crippen LogP contribution in [0.4, 0.5) is 0 Å². The molecule has 2 saturated carbocycles. The summed E-state index contributed by atoms with van der Waals surface area (Å²) >= 11 is 6.15. The van der Waals surface area contributed by atoms with Crippen LogP contribution in [-0.4, -0.2) is 19.3 Å². The minimum Gasteiger partial charge on any atom is -0.308 e. The zero-order valence-corrected chi connectivity index (χ0v) is 12.2. The molecule has 4 nitrogen and oxygen atoms in total. The van der Waals surface area contributed by atoms with Crippen molar-refractivity contribution in [1.29, 1.82) is 0 Å². The SMILES string of the molecule is Cc1nn(C)c2c1nc(CCl)n2C(C1CC1)C1CC1. The lowest BCUT2D eigenvalue weighted by Gasteiger charge is -2.20. The van der Waals surface area contributed by atoms with E-state index >= 15 is 0 Å². The largest absolute Gasteiger partial charge is 0.308 e. The molecule has 4 rings (SSSR count). The van der Waals surface area contributed by atoms with Gasteiger partial charge >= 0.3 is 0 Å². The lowest BCUT2D eigenvalue weighted by atomic mass is 10.1. The lowest BCUT2D eigenvalue weighted by molar-refractivity contribution is 0.390. The first-order valence-corrected chi connectivity index (χ1v) is 7.70. The van der Waals surface area contributed by atoms with E-state index in [9.17, 15) is 0 Å². The van der Waals surface area contributed by atoms with E-state index in [1.165, 1.54) is 25.7 Å². The lowest BCUT2D eigenvalue weighted by Crippen LogP contribution is -2.17. The Kier molecular flexibility index (Phi) is 2.47. The van der Waals surface area contributed by atoms with Crippen LogP contribution in [0.3, 0.4) is 0 Å². The number of aryl methyl sites for hydroxylation is 2. The molecular weight excluding hydrogens is 260 g/mol. The maximum atomic E-state index is 6.15. The Labute approximate surface area is 117 Å². The van der Waals surface area contributed by atoms with Crippen molar-refractivity contribution in [3.05, 3.63) is 11.5 Å². The fourth-order valence-electron chi connectivity index (χ4n) is 3.43. The normalized spacial score (nSPS) is 19.8. The van der Waals surface area contributed by atoms with Crippen LogP contribution >= 0.6 is 11.6 Å². The fourth-order valence-corrected chi connectivity index (χ4v) is 3.62. The van der Waals surface area contributed by atoms with Crippen molar-refractivity contribution in [1.82, 2.24) is 19.3 Å². The Bertz CT molecular complexity index is 621. The average molecular weight is 279 g/mol. The van der Waals surface area contributed by atoms with Gasteiger partial charge < -0.3 is 4.57 Å². The van der Waals surface area contributed by atoms with E-state index < -0.39 is 0 Å². The monoisotopic (exact) mass is 278 g/mol. The van der Waals surface area contributed by atoms with Gasteiger partial charge in [-0.25, -0.2) is 4.98 Å². The van der Waals surface area contributed by atoms with E-state index in [2.05, 4.69) is 9.67 Å². The molecule has 0 spiro atoms. The minimum atomic E-state index is 0.490. The molecule has 0 bridgehead atoms. The summed E-state index contributed by atoms with van der Waals surface area (Å²) in [6, 6.07) is 0.605. The number of alkyl halides is 1. The zero-order valence-electron chi connectivity index (χ0n) is 11.4. The Hall–Kier alpha value is -1.03. The molecule has 2 heterocycles. The second-order valence-electron chi connectivity index (χ2n) is 6.08. The highest BCUT2D eigenvalue weighted by atomic mass is 35.5. The number of aromatic nitrogens is 4. The third-order valence-corrected chi connectivity index (χ3v) is 4.77. The molecule has 2 aromatic rings. The summed E-state index contributed by atoms with van der Waals surface area (Å²) in [5, 5.41) is 4.52. The molecular formula is C14H19ClN4. The van der Waals surface area contributed by atoms with E-state index in [1.54, 1.807) is 0 Å². The number of nitrogens with zero attached hydrogens (tertiary/aromatic N) is 4. The van der Waals surface area contributed by atoms with Crippen LogP contribution in [0.1, 0.15) is 43.2 Å². The molecule has 0 saturated heterocycles. The molecule has 0 aliphatic heterocycles. The van der Waals surface area contributed by atoms with Gasteiger partial charge in [0.05, 0.1) is 11.6 Å². The summed E-state index contributed by atoms with van der Waals surface area (Å²) in [5.41, 5.74) is 3.20. The Morgan fingerprint density at radius 3 is 2.42 bits per heavy atom. The molecule has 0 amide bonds. The van der Waals surface area contributed by atoms with Gasteiger partial charge in [-0.1, -0.05) is 0 Å². The van der Waals surface area contributed by atoms with Crippen LogP contribution in [-0.2, 0) is 12.9 Å². The van der Waals surface area contributed by atoms with Crippen LogP contribution in [0.25, 0.3) is 11.2 Å². The van der Waals surface area contributed by atoms with Crippen LogP contribution in [0.5, 0.6) is 0 Å². The molecule has 2 aromatic heterocycles. The van der Waals surface area contributed by atoms with Gasteiger partial charge in [0.25, 0.3) is 0 Å². The number of hydrogen-bond acceptors (Lipinski definition) is 2. The molecule has 0 radical (unpaired) electrons. The van der Waals surface area contributed by atoms with Crippen LogP contribution in [0.2, 0.25) is 0 Å². The van der Waals surface area contributed by atoms with Gasteiger partial charge in [0.2, 0.25) is 0 Å². The van der Waals surface area contributed by atoms with Crippen molar-refractivity contribution in [3.8, 4) is 0 Å². The Morgan fingerprint density at radius 2 is 1.89 bits per heavy atom. The summed E-state index contributed by atoms with van der Waals surface area (Å²) in [6.07, 6.45) is 5.44. The standard InChI is InChI=1S/C14H19ClN4/c1-8-12-14(18(2)17-8)19(11(7-15)16-12)13(9-3-4-9)10-5-6-10/h9-10,13H,3-7H2,1-2H3. The molecule has 2 fully saturated rings. The maximum Gasteiger partial charge on any atom is 0.158 e. The Morgan fingerprint density at radius 1 is 1.26 bits per heavy atom. The fraction of sp³-hybridized carbons (Fsp3) is 0.714. The molecule has 2 aliphatic carbocycles. The molecule has 102 valence electrons. The first-order valence-electron chi connectivity index (χ1n) is 7.17. The van der Waals surface area contributed by atoms with Crippen molar-refractivity contribution in [2.75, 3.05) is 0 Å². The number of imidazole rings is 1. The molecule has 2 aliphatic rings. The van der Waals surface area contributed by atoms with E-state index in [-0.39, 0.29) is 0 Å². The minimum absolute atomic E-state index is 0.490. The maximum absolute atomic E-state index is 6.15. The molecule has 0 atom stereocenters. The second-order valence-corrected chi connectivity index (χ2v) is 6.35. The van der Waals surface area contributed by atoms with Gasteiger partial charge in [-0.3, -0.25) is 4.68 Å². The third kappa shape index (κ3) is 1.72. The summed E-state index contributed by atoms with van der Waals surface area (Å²) in [5.74, 6) is 3.19. The van der Waals surface area contributed by atoms with Gasteiger partial charge in [-0.05, 0) is 44.4 Å². The van der Waals surface area contributed by atoms with Crippen LogP contribution in [0.15, 0.2) is 0 Å². The van der Waals surface area contributed by atoms with E-state index in [1.807, 2.05) is 18.7 Å². The van der Waals surface area contributed by atoms with Crippen molar-refractivity contribution >= 4 is 22.8 Å². The number of halogens is 1. The molecule has 0 aromatic carbocycles. The molecule has 0 N–H and O–H groups in total. The quantitative estimate of drug-likeness (QED) is 0.805. The van der Waals surface area contributed by atoms with Gasteiger partial charge in [-0.15, -0.1) is 11.6 Å². The average Bonchev–Trinajstić information content (AvgIpc) is 3.27. The topological polar surface area (TPSA) is 35.6 Å². The summed E-state index contributed by atoms with van der Waals surface area (Å²) < 4.78 is 4.39. The molecule has 19 heavy (non-hydrogen) atoms. The highest BCUT2D eigenvalue weighted by molar-refractivity contribution is 6.16. The predicted octanol–water partition coefficient (Wildman–Crippen LogP) is 3.18. The number of hydrogen-bond donors (Lipinski definition) is 0. The third-order valence-electron chi connectivity index (χ3n) is 4.54. The van der Waals surface area contributed by atoms with E-state index in [0.29, 0.717) is 11.9 Å². The summed E-state index contributed by atoms with van der Waals surface area (Å²) in [6.45, 7) is 2.03. The van der Waals surface area contributed by atoms with Crippen LogP contribution < -0.4 is 0 Å². The molecule has 5 heteroatoms. The zero-order chi connectivity index (χ0) is 13.1. The van der Waals surface area contributed by atoms with Gasteiger partial charge in [0.1, 0.15) is 11.3 Å². The van der Waals surface area contributed by atoms with Crippen molar-refractivity contribution in [3.63, 3.8) is 0 Å². The Balaban J connectivity index is 1.94. The first-order chi connectivity index (χ1) is 9.20. The van der Waals surface area contributed by atoms with Crippen LogP contribution in [0, 0.1) is 18.8 Å². The van der Waals surface area contributed by atoms with Crippen molar-refractivity contribution in [2.24, 2.45) is 18.9 Å². The van der Waals surface area contributed by atoms with E-state index in [4.69, 9.17) is 16.6 Å². The highest BCUT2D eigenvalue weighted by Gasteiger charge is 2.44. The smallest absolute Gasteiger partial charge is 0.158 e. The van der Waals surface area contributed by atoms with Gasteiger partial charge in [0, 0.05) is 13.1 Å². The van der Waals surface area contributed by atoms with Gasteiger partial charge in [0.15, 0.2) is 5.65 Å². The predicted molar refractivity (Wildman–Crippen MR) is 75.3 cm³/mol. The summed E-state index contributed by atoms with van der Waals surface area (Å²) in [4.78, 5) is 4.74. The van der Waals surface area contributed by atoms with Crippen molar-refractivity contribution in [2.45, 2.75) is 44.5 Å². The van der Waals surface area contributed by atoms with E-state index in [0.717, 1.165) is 34.5 Å². The first kappa shape index (κ1) is 11.8. The number of rotatable bonds is 4. The van der Waals surface area contributed by atoms with Crippen molar-refractivity contribution < 1.29 is 0 Å². The van der Waals surface area contributed by atoms with Gasteiger partial charge in [-0.2, -0.15) is 5.10 Å². The summed E-state index contributed by atoms with van der Waals surface area (Å²) in [7, 11) is 2.02. The highest BCUT2D eigenvalue weighted by Crippen LogP contribution is 2.53. The second kappa shape index (κ2) is 3.98. The number of fused-ring (bicyclic) bond motifs is 1.